The quantitative estimate of drug-likeness (QED) is 0.615. The number of halogens is 1. The monoisotopic (exact) mass is 447 g/mol. The Balaban J connectivity index is 1.41. The van der Waals surface area contributed by atoms with Crippen molar-refractivity contribution in [3.05, 3.63) is 65.1 Å². The van der Waals surface area contributed by atoms with Crippen molar-refractivity contribution in [1.29, 1.82) is 0 Å². The van der Waals surface area contributed by atoms with Crippen LogP contribution in [0.5, 0.6) is 5.75 Å². The van der Waals surface area contributed by atoms with Crippen molar-refractivity contribution in [2.45, 2.75) is 12.8 Å². The number of aliphatic imine (C=N–C) groups is 1. The summed E-state index contributed by atoms with van der Waals surface area (Å²) < 4.78 is 20.9. The Hall–Kier alpha value is -3.85. The summed E-state index contributed by atoms with van der Waals surface area (Å²) in [6.07, 6.45) is 2.61. The average Bonchev–Trinajstić information content (AvgIpc) is 3.27. The lowest BCUT2D eigenvalue weighted by Gasteiger charge is -2.26. The van der Waals surface area contributed by atoms with E-state index in [-0.39, 0.29) is 23.6 Å². The van der Waals surface area contributed by atoms with E-state index in [1.165, 1.54) is 24.4 Å². The Labute approximate surface area is 189 Å². The van der Waals surface area contributed by atoms with Crippen LogP contribution in [-0.4, -0.2) is 47.4 Å². The maximum absolute atomic E-state index is 14.9. The second-order valence-corrected chi connectivity index (χ2v) is 8.06. The molecule has 0 aliphatic carbocycles. The summed E-state index contributed by atoms with van der Waals surface area (Å²) in [6, 6.07) is 10.3. The van der Waals surface area contributed by atoms with Crippen LogP contribution in [0.4, 0.5) is 16.0 Å². The zero-order valence-electron chi connectivity index (χ0n) is 18.2. The van der Waals surface area contributed by atoms with Crippen molar-refractivity contribution >= 4 is 23.3 Å². The number of amides is 1. The molecule has 2 aliphatic rings. The van der Waals surface area contributed by atoms with Crippen LogP contribution in [0.2, 0.25) is 0 Å². The number of nitrogens with two attached hydrogens (primary N) is 1. The molecule has 0 saturated heterocycles. The van der Waals surface area contributed by atoms with E-state index in [2.05, 4.69) is 9.97 Å². The number of hydrogen-bond acceptors (Lipinski definition) is 7. The molecule has 3 aromatic rings. The van der Waals surface area contributed by atoms with Gasteiger partial charge in [-0.15, -0.1) is 0 Å². The van der Waals surface area contributed by atoms with E-state index in [1.54, 1.807) is 25.2 Å². The summed E-state index contributed by atoms with van der Waals surface area (Å²) >= 11 is 0. The molecule has 1 amide bonds. The summed E-state index contributed by atoms with van der Waals surface area (Å²) in [5, 5.41) is 1.17. The number of carbonyl (C=O) groups excluding carboxylic acids is 1. The molecule has 9 heteroatoms. The molecule has 0 spiro atoms. The number of hydrogen-bond donors (Lipinski definition) is 1. The summed E-state index contributed by atoms with van der Waals surface area (Å²) in [7, 11) is 3.00. The molecule has 1 aromatic heterocycles. The minimum absolute atomic E-state index is 0.0204. The molecule has 5 rings (SSSR count). The molecule has 0 radical (unpaired) electrons. The molecule has 0 bridgehead atoms. The number of ether oxygens (including phenoxy) is 1. The average molecular weight is 447 g/mol. The topological polar surface area (TPSA) is 103 Å². The molecule has 3 heterocycles. The summed E-state index contributed by atoms with van der Waals surface area (Å²) in [5.74, 6) is 0.283. The maximum Gasteiger partial charge on any atom is 0.277 e. The van der Waals surface area contributed by atoms with Gasteiger partial charge in [0.15, 0.2) is 0 Å². The zero-order chi connectivity index (χ0) is 23.1. The van der Waals surface area contributed by atoms with Crippen LogP contribution in [0.1, 0.15) is 21.5 Å². The normalized spacial score (nSPS) is 16.5. The van der Waals surface area contributed by atoms with Crippen molar-refractivity contribution in [3.63, 3.8) is 0 Å². The molecule has 8 nitrogen and oxygen atoms in total. The Morgan fingerprint density at radius 3 is 2.91 bits per heavy atom. The van der Waals surface area contributed by atoms with E-state index in [1.807, 2.05) is 12.1 Å². The van der Waals surface area contributed by atoms with Crippen LogP contribution in [0.15, 0.2) is 47.6 Å². The minimum atomic E-state index is -0.328. The van der Waals surface area contributed by atoms with Crippen molar-refractivity contribution in [2.24, 2.45) is 10.9 Å². The van der Waals surface area contributed by atoms with Crippen LogP contribution in [0.3, 0.4) is 0 Å². The van der Waals surface area contributed by atoms with Crippen molar-refractivity contribution < 1.29 is 18.8 Å². The van der Waals surface area contributed by atoms with Gasteiger partial charge in [-0.25, -0.2) is 19.4 Å². The number of rotatable bonds is 4. The van der Waals surface area contributed by atoms with Gasteiger partial charge in [0.1, 0.15) is 11.6 Å². The van der Waals surface area contributed by atoms with Crippen LogP contribution >= 0.6 is 0 Å². The molecular formula is C24H22FN5O3. The Morgan fingerprint density at radius 2 is 2.12 bits per heavy atom. The van der Waals surface area contributed by atoms with Crippen LogP contribution in [-0.2, 0) is 17.7 Å². The fraction of sp³-hybridized carbons (Fsp3) is 0.250. The molecule has 2 aromatic carbocycles. The second kappa shape index (κ2) is 8.25. The Kier molecular flexibility index (Phi) is 5.26. The highest BCUT2D eigenvalue weighted by Gasteiger charge is 2.30. The Bertz CT molecular complexity index is 1290. The highest BCUT2D eigenvalue weighted by molar-refractivity contribution is 5.97. The number of carbonyl (C=O) groups is 1. The van der Waals surface area contributed by atoms with Crippen LogP contribution < -0.4 is 10.5 Å². The van der Waals surface area contributed by atoms with Gasteiger partial charge in [-0.05, 0) is 48.4 Å². The van der Waals surface area contributed by atoms with Gasteiger partial charge in [-0.1, -0.05) is 0 Å². The lowest BCUT2D eigenvalue weighted by molar-refractivity contribution is -0.0757. The highest BCUT2D eigenvalue weighted by Crippen LogP contribution is 2.37. The summed E-state index contributed by atoms with van der Waals surface area (Å²) in [6.45, 7) is 0.446. The van der Waals surface area contributed by atoms with E-state index in [0.717, 1.165) is 17.0 Å². The van der Waals surface area contributed by atoms with E-state index >= 15 is 0 Å². The van der Waals surface area contributed by atoms with Gasteiger partial charge in [0.05, 0.1) is 25.1 Å². The molecular weight excluding hydrogens is 425 g/mol. The number of fused-ring (bicyclic) bond motifs is 2. The molecule has 0 fully saturated rings. The van der Waals surface area contributed by atoms with E-state index in [9.17, 15) is 9.18 Å². The third-order valence-electron chi connectivity index (χ3n) is 6.01. The fourth-order valence-electron chi connectivity index (χ4n) is 4.20. The molecule has 1 unspecified atom stereocenters. The number of nitrogen functional groups attached to an aromatic ring is 1. The third kappa shape index (κ3) is 3.91. The highest BCUT2D eigenvalue weighted by atomic mass is 19.1. The van der Waals surface area contributed by atoms with Crippen LogP contribution in [0, 0.1) is 11.7 Å². The summed E-state index contributed by atoms with van der Waals surface area (Å²) in [4.78, 5) is 30.2. The van der Waals surface area contributed by atoms with Crippen molar-refractivity contribution in [3.8, 4) is 17.0 Å². The smallest absolute Gasteiger partial charge is 0.277 e. The number of aromatic nitrogens is 2. The Morgan fingerprint density at radius 1 is 1.27 bits per heavy atom. The summed E-state index contributed by atoms with van der Waals surface area (Å²) in [5.41, 5.74) is 10.3. The van der Waals surface area contributed by atoms with E-state index in [0.29, 0.717) is 47.5 Å². The first-order chi connectivity index (χ1) is 15.9. The molecule has 168 valence electrons. The lowest BCUT2D eigenvalue weighted by atomic mass is 9.89. The molecule has 33 heavy (non-hydrogen) atoms. The first-order valence-corrected chi connectivity index (χ1v) is 10.5. The second-order valence-electron chi connectivity index (χ2n) is 8.06. The van der Waals surface area contributed by atoms with Crippen molar-refractivity contribution in [2.75, 3.05) is 26.5 Å². The van der Waals surface area contributed by atoms with Gasteiger partial charge in [0.2, 0.25) is 5.95 Å². The lowest BCUT2D eigenvalue weighted by Crippen LogP contribution is -2.29. The first-order valence-electron chi connectivity index (χ1n) is 10.5. The molecule has 1 atom stereocenters. The van der Waals surface area contributed by atoms with Gasteiger partial charge in [0, 0.05) is 48.0 Å². The van der Waals surface area contributed by atoms with E-state index < -0.39 is 0 Å². The predicted molar refractivity (Wildman–Crippen MR) is 121 cm³/mol. The predicted octanol–water partition coefficient (Wildman–Crippen LogP) is 3.38. The van der Waals surface area contributed by atoms with Gasteiger partial charge in [-0.2, -0.15) is 0 Å². The largest absolute Gasteiger partial charge is 0.493 e. The van der Waals surface area contributed by atoms with Gasteiger partial charge >= 0.3 is 0 Å². The fourth-order valence-corrected chi connectivity index (χ4v) is 4.20. The van der Waals surface area contributed by atoms with Gasteiger partial charge in [-0.3, -0.25) is 14.6 Å². The molecule has 2 aliphatic heterocycles. The number of nitrogens with zero attached hydrogens (tertiary/aromatic N) is 4. The third-order valence-corrected chi connectivity index (χ3v) is 6.01. The minimum Gasteiger partial charge on any atom is -0.493 e. The number of benzene rings is 2. The number of hydroxylamine groups is 2. The van der Waals surface area contributed by atoms with Gasteiger partial charge < -0.3 is 10.5 Å². The molecule has 0 saturated carbocycles. The standard InChI is InChI=1S/C24H22FN5O3/c1-30(32-2)23(31)13-3-4-22-15(7-13)8-16(12-33-22)20-11-17-18(25)9-14(10-21(17)28-20)19-5-6-27-24(26)29-19/h3-7,9-10,16H,8,11-12H2,1-2H3,(H2,26,27,29). The maximum atomic E-state index is 14.9. The van der Waals surface area contributed by atoms with E-state index in [4.69, 9.17) is 20.3 Å². The number of anilines is 1. The van der Waals surface area contributed by atoms with Crippen LogP contribution in [0.25, 0.3) is 11.3 Å². The SMILES string of the molecule is CON(C)C(=O)c1ccc2c(c1)CC(C1=Nc3cc(-c4ccnc(N)n4)cc(F)c3C1)CO2. The first kappa shape index (κ1) is 21.0. The zero-order valence-corrected chi connectivity index (χ0v) is 18.2. The van der Waals surface area contributed by atoms with Crippen molar-refractivity contribution in [1.82, 2.24) is 15.0 Å². The molecule has 2 N–H and O–H groups in total. The van der Waals surface area contributed by atoms with Gasteiger partial charge in [0.25, 0.3) is 5.91 Å².